The Morgan fingerprint density at radius 3 is 2.52 bits per heavy atom. The first kappa shape index (κ1) is 17.5. The summed E-state index contributed by atoms with van der Waals surface area (Å²) in [4.78, 5) is 16.7. The van der Waals surface area contributed by atoms with Gasteiger partial charge in [-0.25, -0.2) is 4.79 Å². The lowest BCUT2D eigenvalue weighted by Crippen LogP contribution is -2.51. The van der Waals surface area contributed by atoms with Crippen molar-refractivity contribution in [2.24, 2.45) is 7.05 Å². The van der Waals surface area contributed by atoms with Gasteiger partial charge in [-0.1, -0.05) is 30.3 Å². The lowest BCUT2D eigenvalue weighted by atomic mass is 10.1. The number of carbonyl (C=O) groups excluding carboxylic acids is 1. The summed E-state index contributed by atoms with van der Waals surface area (Å²) in [7, 11) is 1.91. The van der Waals surface area contributed by atoms with Crippen LogP contribution in [-0.2, 0) is 20.0 Å². The summed E-state index contributed by atoms with van der Waals surface area (Å²) in [6.07, 6.45) is 2.88. The number of rotatable bonds is 5. The van der Waals surface area contributed by atoms with Crippen molar-refractivity contribution < 1.29 is 4.79 Å². The van der Waals surface area contributed by atoms with Gasteiger partial charge in [0.2, 0.25) is 0 Å². The Bertz CT molecular complexity index is 689. The molecule has 0 aliphatic carbocycles. The van der Waals surface area contributed by atoms with Crippen LogP contribution in [0.25, 0.3) is 0 Å². The lowest BCUT2D eigenvalue weighted by molar-refractivity contribution is 0.140. The molecule has 0 unspecified atom stereocenters. The van der Waals surface area contributed by atoms with Crippen molar-refractivity contribution in [3.8, 4) is 0 Å². The van der Waals surface area contributed by atoms with Gasteiger partial charge in [-0.05, 0) is 18.9 Å². The van der Waals surface area contributed by atoms with E-state index in [0.29, 0.717) is 6.54 Å². The van der Waals surface area contributed by atoms with Gasteiger partial charge in [0, 0.05) is 57.6 Å². The minimum absolute atomic E-state index is 0.0194. The molecule has 0 atom stereocenters. The molecule has 0 bridgehead atoms. The average Bonchev–Trinajstić information content (AvgIpc) is 2.97. The summed E-state index contributed by atoms with van der Waals surface area (Å²) in [6.45, 7) is 7.04. The molecule has 134 valence electrons. The van der Waals surface area contributed by atoms with E-state index in [0.717, 1.165) is 50.4 Å². The minimum Gasteiger partial charge on any atom is -0.334 e. The van der Waals surface area contributed by atoms with E-state index in [9.17, 15) is 4.79 Å². The predicted octanol–water partition coefficient (Wildman–Crippen LogP) is 1.80. The molecule has 1 aliphatic heterocycles. The summed E-state index contributed by atoms with van der Waals surface area (Å²) < 4.78 is 1.83. The van der Waals surface area contributed by atoms with Crippen molar-refractivity contribution in [2.75, 3.05) is 32.7 Å². The van der Waals surface area contributed by atoms with Crippen molar-refractivity contribution in [1.29, 1.82) is 0 Å². The number of nitrogens with one attached hydrogen (secondary N) is 1. The van der Waals surface area contributed by atoms with Crippen LogP contribution in [0.4, 0.5) is 4.79 Å². The number of benzene rings is 1. The van der Waals surface area contributed by atoms with Crippen LogP contribution < -0.4 is 5.32 Å². The second kappa shape index (κ2) is 8.16. The van der Waals surface area contributed by atoms with E-state index in [2.05, 4.69) is 39.6 Å². The fourth-order valence-electron chi connectivity index (χ4n) is 3.11. The highest BCUT2D eigenvalue weighted by molar-refractivity contribution is 5.74. The van der Waals surface area contributed by atoms with Gasteiger partial charge in [-0.2, -0.15) is 5.10 Å². The van der Waals surface area contributed by atoms with E-state index in [1.54, 1.807) is 0 Å². The van der Waals surface area contributed by atoms with Gasteiger partial charge in [0.1, 0.15) is 0 Å². The number of urea groups is 1. The third-order valence-electron chi connectivity index (χ3n) is 4.99. The third kappa shape index (κ3) is 4.60. The number of nitrogens with zero attached hydrogens (tertiary/aromatic N) is 4. The number of aryl methyl sites for hydroxylation is 1. The van der Waals surface area contributed by atoms with Crippen LogP contribution in [-0.4, -0.2) is 58.3 Å². The van der Waals surface area contributed by atoms with Crippen LogP contribution in [0, 0.1) is 6.92 Å². The standard InChI is InChI=1S/C19H27N5O/c1-16-18(15-21-22(16)2)14-20-19(25)24-12-10-23(11-13-24)9-8-17-6-4-3-5-7-17/h3-7,15H,8-14H2,1-2H3,(H,20,25). The largest absolute Gasteiger partial charge is 0.334 e. The summed E-state index contributed by atoms with van der Waals surface area (Å²) in [5, 5.41) is 7.22. The van der Waals surface area contributed by atoms with E-state index in [1.165, 1.54) is 5.56 Å². The molecule has 3 rings (SSSR count). The highest BCUT2D eigenvalue weighted by Crippen LogP contribution is 2.08. The highest BCUT2D eigenvalue weighted by atomic mass is 16.2. The van der Waals surface area contributed by atoms with E-state index in [4.69, 9.17) is 0 Å². The Kier molecular flexibility index (Phi) is 5.71. The quantitative estimate of drug-likeness (QED) is 0.902. The van der Waals surface area contributed by atoms with Gasteiger partial charge in [0.05, 0.1) is 6.20 Å². The number of amides is 2. The summed E-state index contributed by atoms with van der Waals surface area (Å²) in [5.41, 5.74) is 3.53. The third-order valence-corrected chi connectivity index (χ3v) is 4.99. The zero-order chi connectivity index (χ0) is 17.6. The van der Waals surface area contributed by atoms with Gasteiger partial charge in [0.15, 0.2) is 0 Å². The summed E-state index contributed by atoms with van der Waals surface area (Å²) in [6, 6.07) is 10.6. The van der Waals surface area contributed by atoms with Crippen molar-refractivity contribution in [2.45, 2.75) is 19.9 Å². The second-order valence-corrected chi connectivity index (χ2v) is 6.60. The SMILES string of the molecule is Cc1c(CNC(=O)N2CCN(CCc3ccccc3)CC2)cnn1C. The molecule has 0 spiro atoms. The first-order valence-electron chi connectivity index (χ1n) is 8.90. The molecule has 1 aromatic carbocycles. The number of hydrogen-bond donors (Lipinski definition) is 1. The van der Waals surface area contributed by atoms with Crippen LogP contribution in [0.2, 0.25) is 0 Å². The normalized spacial score (nSPS) is 15.4. The van der Waals surface area contributed by atoms with Crippen molar-refractivity contribution in [1.82, 2.24) is 24.9 Å². The highest BCUT2D eigenvalue weighted by Gasteiger charge is 2.20. The van der Waals surface area contributed by atoms with Gasteiger partial charge < -0.3 is 10.2 Å². The Morgan fingerprint density at radius 2 is 1.88 bits per heavy atom. The second-order valence-electron chi connectivity index (χ2n) is 6.60. The number of aromatic nitrogens is 2. The van der Waals surface area contributed by atoms with Gasteiger partial charge in [-0.3, -0.25) is 9.58 Å². The van der Waals surface area contributed by atoms with Crippen molar-refractivity contribution in [3.05, 3.63) is 53.3 Å². The first-order valence-corrected chi connectivity index (χ1v) is 8.90. The maximum Gasteiger partial charge on any atom is 0.317 e. The molecule has 25 heavy (non-hydrogen) atoms. The fourth-order valence-corrected chi connectivity index (χ4v) is 3.11. The van der Waals surface area contributed by atoms with Crippen molar-refractivity contribution >= 4 is 6.03 Å². The van der Waals surface area contributed by atoms with Gasteiger partial charge in [0.25, 0.3) is 0 Å². The monoisotopic (exact) mass is 341 g/mol. The molecule has 1 aliphatic rings. The molecule has 1 saturated heterocycles. The van der Waals surface area contributed by atoms with Crippen LogP contribution in [0.3, 0.4) is 0 Å². The number of piperazine rings is 1. The minimum atomic E-state index is 0.0194. The molecule has 6 nitrogen and oxygen atoms in total. The maximum absolute atomic E-state index is 12.3. The lowest BCUT2D eigenvalue weighted by Gasteiger charge is -2.34. The Labute approximate surface area is 149 Å². The van der Waals surface area contributed by atoms with Crippen LogP contribution in [0.15, 0.2) is 36.5 Å². The molecule has 1 fully saturated rings. The maximum atomic E-state index is 12.3. The van der Waals surface area contributed by atoms with Gasteiger partial charge in [-0.15, -0.1) is 0 Å². The predicted molar refractivity (Wildman–Crippen MR) is 98.3 cm³/mol. The molecule has 2 amide bonds. The molecule has 1 N–H and O–H groups in total. The molecule has 0 saturated carbocycles. The Hall–Kier alpha value is -2.34. The van der Waals surface area contributed by atoms with E-state index in [-0.39, 0.29) is 6.03 Å². The molecule has 2 aromatic rings. The molecule has 0 radical (unpaired) electrons. The first-order chi connectivity index (χ1) is 12.1. The van der Waals surface area contributed by atoms with E-state index in [1.807, 2.05) is 35.8 Å². The summed E-state index contributed by atoms with van der Waals surface area (Å²) in [5.74, 6) is 0. The van der Waals surface area contributed by atoms with Crippen LogP contribution in [0.5, 0.6) is 0 Å². The number of carbonyl (C=O) groups is 1. The van der Waals surface area contributed by atoms with Crippen molar-refractivity contribution in [3.63, 3.8) is 0 Å². The van der Waals surface area contributed by atoms with Gasteiger partial charge >= 0.3 is 6.03 Å². The molecule has 6 heteroatoms. The molecule has 1 aromatic heterocycles. The average molecular weight is 341 g/mol. The smallest absolute Gasteiger partial charge is 0.317 e. The zero-order valence-corrected chi connectivity index (χ0v) is 15.1. The topological polar surface area (TPSA) is 53.4 Å². The Balaban J connectivity index is 1.39. The number of hydrogen-bond acceptors (Lipinski definition) is 3. The van der Waals surface area contributed by atoms with E-state index >= 15 is 0 Å². The molecule has 2 heterocycles. The molecular weight excluding hydrogens is 314 g/mol. The Morgan fingerprint density at radius 1 is 1.16 bits per heavy atom. The van der Waals surface area contributed by atoms with Crippen LogP contribution in [0.1, 0.15) is 16.8 Å². The zero-order valence-electron chi connectivity index (χ0n) is 15.1. The van der Waals surface area contributed by atoms with E-state index < -0.39 is 0 Å². The molecular formula is C19H27N5O. The van der Waals surface area contributed by atoms with Crippen LogP contribution >= 0.6 is 0 Å². The summed E-state index contributed by atoms with van der Waals surface area (Å²) >= 11 is 0. The fraction of sp³-hybridized carbons (Fsp3) is 0.474.